The van der Waals surface area contributed by atoms with Crippen molar-refractivity contribution in [2.24, 2.45) is 0 Å². The Morgan fingerprint density at radius 2 is 1.53 bits per heavy atom. The van der Waals surface area contributed by atoms with Crippen molar-refractivity contribution in [3.05, 3.63) is 12.7 Å². The van der Waals surface area contributed by atoms with Crippen molar-refractivity contribution in [1.82, 2.24) is 0 Å². The summed E-state index contributed by atoms with van der Waals surface area (Å²) in [4.78, 5) is 11.4. The third kappa shape index (κ3) is 5.69. The Kier molecular flexibility index (Phi) is 9.42. The molecule has 0 saturated heterocycles. The van der Waals surface area contributed by atoms with Crippen LogP contribution < -0.4 is 0 Å². The molecule has 0 saturated carbocycles. The number of esters is 1. The molecule has 0 aromatic rings. The van der Waals surface area contributed by atoms with Gasteiger partial charge in [0.25, 0.3) is 6.29 Å². The van der Waals surface area contributed by atoms with E-state index < -0.39 is 18.2 Å². The molecule has 0 spiro atoms. The highest BCUT2D eigenvalue weighted by Gasteiger charge is 2.46. The summed E-state index contributed by atoms with van der Waals surface area (Å²) >= 11 is 0. The van der Waals surface area contributed by atoms with Crippen LogP contribution in [0.2, 0.25) is 0 Å². The van der Waals surface area contributed by atoms with E-state index in [1.807, 2.05) is 0 Å². The molecule has 0 aliphatic heterocycles. The number of carbonyl (C=O) groups is 1. The van der Waals surface area contributed by atoms with Crippen molar-refractivity contribution in [2.45, 2.75) is 40.0 Å². The summed E-state index contributed by atoms with van der Waals surface area (Å²) < 4.78 is 26.9. The quantitative estimate of drug-likeness (QED) is 0.326. The van der Waals surface area contributed by atoms with Crippen molar-refractivity contribution in [3.63, 3.8) is 0 Å². The Morgan fingerprint density at radius 1 is 1.05 bits per heavy atom. The molecular formula is C13H24O6. The van der Waals surface area contributed by atoms with E-state index in [1.165, 1.54) is 0 Å². The summed E-state index contributed by atoms with van der Waals surface area (Å²) in [5.74, 6) is -2.20. The van der Waals surface area contributed by atoms with Gasteiger partial charge < -0.3 is 23.7 Å². The lowest BCUT2D eigenvalue weighted by molar-refractivity contribution is -0.446. The first-order valence-electron chi connectivity index (χ1n) is 6.46. The van der Waals surface area contributed by atoms with Gasteiger partial charge in [0.15, 0.2) is 0 Å². The highest BCUT2D eigenvalue weighted by atomic mass is 16.9. The zero-order valence-electron chi connectivity index (χ0n) is 12.1. The van der Waals surface area contributed by atoms with Crippen molar-refractivity contribution < 1.29 is 28.5 Å². The summed E-state index contributed by atoms with van der Waals surface area (Å²) in [6, 6.07) is 0. The first-order valence-corrected chi connectivity index (χ1v) is 6.46. The fourth-order valence-corrected chi connectivity index (χ4v) is 1.45. The first kappa shape index (κ1) is 18.0. The van der Waals surface area contributed by atoms with Gasteiger partial charge in [0.2, 0.25) is 0 Å². The molecule has 6 heteroatoms. The SMILES string of the molecule is C=CC(=O)OC(OCC)C(OCC)(OCC)OCC. The van der Waals surface area contributed by atoms with Crippen LogP contribution in [0.4, 0.5) is 0 Å². The number of carbonyl (C=O) groups excluding carboxylic acids is 1. The minimum Gasteiger partial charge on any atom is -0.423 e. The van der Waals surface area contributed by atoms with E-state index >= 15 is 0 Å². The highest BCUT2D eigenvalue weighted by Crippen LogP contribution is 2.24. The molecule has 112 valence electrons. The van der Waals surface area contributed by atoms with Gasteiger partial charge in [0.1, 0.15) is 0 Å². The molecule has 0 aliphatic rings. The summed E-state index contributed by atoms with van der Waals surface area (Å²) in [5, 5.41) is 0. The van der Waals surface area contributed by atoms with Gasteiger partial charge in [-0.1, -0.05) is 6.58 Å². The Labute approximate surface area is 114 Å². The topological polar surface area (TPSA) is 63.2 Å². The zero-order chi connectivity index (χ0) is 14.7. The predicted octanol–water partition coefficient (Wildman–Crippen LogP) is 1.84. The molecule has 0 fully saturated rings. The van der Waals surface area contributed by atoms with E-state index in [0.29, 0.717) is 26.4 Å². The maximum atomic E-state index is 11.4. The molecule has 1 atom stereocenters. The molecule has 0 bridgehead atoms. The molecule has 1 unspecified atom stereocenters. The van der Waals surface area contributed by atoms with Crippen molar-refractivity contribution >= 4 is 5.97 Å². The van der Waals surface area contributed by atoms with Crippen LogP contribution in [-0.4, -0.2) is 44.7 Å². The Balaban J connectivity index is 5.16. The summed E-state index contributed by atoms with van der Waals surface area (Å²) in [7, 11) is 0. The van der Waals surface area contributed by atoms with E-state index in [4.69, 9.17) is 23.7 Å². The van der Waals surface area contributed by atoms with E-state index in [2.05, 4.69) is 6.58 Å². The Bertz CT molecular complexity index is 249. The van der Waals surface area contributed by atoms with E-state index in [0.717, 1.165) is 6.08 Å². The average Bonchev–Trinajstić information content (AvgIpc) is 2.38. The molecule has 0 rings (SSSR count). The van der Waals surface area contributed by atoms with Crippen LogP contribution in [0.15, 0.2) is 12.7 Å². The van der Waals surface area contributed by atoms with Gasteiger partial charge in [-0.25, -0.2) is 4.79 Å². The van der Waals surface area contributed by atoms with Crippen LogP contribution in [0.3, 0.4) is 0 Å². The van der Waals surface area contributed by atoms with Crippen molar-refractivity contribution in [3.8, 4) is 0 Å². The second-order valence-electron chi connectivity index (χ2n) is 3.33. The lowest BCUT2D eigenvalue weighted by Crippen LogP contribution is -2.53. The summed E-state index contributed by atoms with van der Waals surface area (Å²) in [6.07, 6.45) is -0.0801. The van der Waals surface area contributed by atoms with Gasteiger partial charge in [0, 0.05) is 32.5 Å². The average molecular weight is 276 g/mol. The lowest BCUT2D eigenvalue weighted by atomic mass is 10.4. The Morgan fingerprint density at radius 3 is 1.84 bits per heavy atom. The maximum Gasteiger partial charge on any atom is 0.349 e. The van der Waals surface area contributed by atoms with Crippen molar-refractivity contribution in [1.29, 1.82) is 0 Å². The lowest BCUT2D eigenvalue weighted by Gasteiger charge is -2.36. The minimum atomic E-state index is -1.56. The van der Waals surface area contributed by atoms with Gasteiger partial charge in [-0.15, -0.1) is 0 Å². The maximum absolute atomic E-state index is 11.4. The van der Waals surface area contributed by atoms with Crippen LogP contribution in [0.5, 0.6) is 0 Å². The van der Waals surface area contributed by atoms with E-state index in [9.17, 15) is 4.79 Å². The van der Waals surface area contributed by atoms with Gasteiger partial charge in [-0.3, -0.25) is 0 Å². The van der Waals surface area contributed by atoms with Gasteiger partial charge >= 0.3 is 11.9 Å². The number of hydrogen-bond acceptors (Lipinski definition) is 6. The smallest absolute Gasteiger partial charge is 0.349 e. The molecule has 0 N–H and O–H groups in total. The number of rotatable bonds is 11. The monoisotopic (exact) mass is 276 g/mol. The molecule has 0 aromatic heterocycles. The minimum absolute atomic E-state index is 0.310. The van der Waals surface area contributed by atoms with Crippen LogP contribution >= 0.6 is 0 Å². The van der Waals surface area contributed by atoms with Crippen LogP contribution in [0.25, 0.3) is 0 Å². The second-order valence-corrected chi connectivity index (χ2v) is 3.33. The molecule has 0 aliphatic carbocycles. The number of hydrogen-bond donors (Lipinski definition) is 0. The third-order valence-electron chi connectivity index (χ3n) is 2.03. The molecule has 0 amide bonds. The molecule has 0 heterocycles. The molecule has 0 radical (unpaired) electrons. The van der Waals surface area contributed by atoms with E-state index in [1.54, 1.807) is 27.7 Å². The highest BCUT2D eigenvalue weighted by molar-refractivity contribution is 5.81. The van der Waals surface area contributed by atoms with E-state index in [-0.39, 0.29) is 0 Å². The largest absolute Gasteiger partial charge is 0.423 e. The first-order chi connectivity index (χ1) is 9.10. The van der Waals surface area contributed by atoms with Gasteiger partial charge in [-0.05, 0) is 27.7 Å². The second kappa shape index (κ2) is 9.91. The molecule has 6 nitrogen and oxygen atoms in total. The van der Waals surface area contributed by atoms with Crippen LogP contribution in [0, 0.1) is 0 Å². The Hall–Kier alpha value is -0.950. The zero-order valence-corrected chi connectivity index (χ0v) is 12.1. The fraction of sp³-hybridized carbons (Fsp3) is 0.769. The van der Waals surface area contributed by atoms with Gasteiger partial charge in [0.05, 0.1) is 0 Å². The van der Waals surface area contributed by atoms with Crippen LogP contribution in [0.1, 0.15) is 27.7 Å². The molecular weight excluding hydrogens is 252 g/mol. The molecule has 19 heavy (non-hydrogen) atoms. The third-order valence-corrected chi connectivity index (χ3v) is 2.03. The number of ether oxygens (including phenoxy) is 5. The predicted molar refractivity (Wildman–Crippen MR) is 69.3 cm³/mol. The normalized spacial score (nSPS) is 13.1. The standard InChI is InChI=1S/C13H24O6/c1-6-11(14)19-12(15-7-2)13(16-8-3,17-9-4)18-10-5/h6,12H,1,7-10H2,2-5H3. The van der Waals surface area contributed by atoms with Crippen LogP contribution in [-0.2, 0) is 28.5 Å². The summed E-state index contributed by atoms with van der Waals surface area (Å²) in [6.45, 7) is 11.7. The summed E-state index contributed by atoms with van der Waals surface area (Å²) in [5.41, 5.74) is 0. The van der Waals surface area contributed by atoms with Gasteiger partial charge in [-0.2, -0.15) is 0 Å². The molecule has 0 aromatic carbocycles. The fourth-order valence-electron chi connectivity index (χ4n) is 1.45. The van der Waals surface area contributed by atoms with Crippen molar-refractivity contribution in [2.75, 3.05) is 26.4 Å².